The molecule has 1 aromatic carbocycles. The SMILES string of the molecule is O=C1C(N2CCC(O)(C(F)(F)F)CC2)CCN1c1ccccc1F. The number of benzene rings is 1. The van der Waals surface area contributed by atoms with Gasteiger partial charge >= 0.3 is 6.18 Å². The summed E-state index contributed by atoms with van der Waals surface area (Å²) in [4.78, 5) is 15.5. The zero-order valence-corrected chi connectivity index (χ0v) is 12.9. The van der Waals surface area contributed by atoms with E-state index in [1.165, 1.54) is 23.1 Å². The summed E-state index contributed by atoms with van der Waals surface area (Å²) in [5, 5.41) is 9.70. The van der Waals surface area contributed by atoms with Crippen molar-refractivity contribution in [2.75, 3.05) is 24.5 Å². The van der Waals surface area contributed by atoms with Crippen LogP contribution in [0.2, 0.25) is 0 Å². The highest BCUT2D eigenvalue weighted by Crippen LogP contribution is 2.39. The molecule has 2 saturated heterocycles. The largest absolute Gasteiger partial charge is 0.417 e. The lowest BCUT2D eigenvalue weighted by Gasteiger charge is -2.40. The topological polar surface area (TPSA) is 43.8 Å². The summed E-state index contributed by atoms with van der Waals surface area (Å²) in [6.45, 7) is 0.291. The molecule has 2 fully saturated rings. The van der Waals surface area contributed by atoms with Gasteiger partial charge < -0.3 is 10.0 Å². The van der Waals surface area contributed by atoms with Gasteiger partial charge in [-0.1, -0.05) is 12.1 Å². The third-order valence-corrected chi connectivity index (χ3v) is 4.91. The maximum Gasteiger partial charge on any atom is 0.417 e. The number of rotatable bonds is 2. The molecule has 3 rings (SSSR count). The fraction of sp³-hybridized carbons (Fsp3) is 0.562. The Balaban J connectivity index is 1.68. The lowest BCUT2D eigenvalue weighted by atomic mass is 9.90. The van der Waals surface area contributed by atoms with E-state index in [2.05, 4.69) is 0 Å². The summed E-state index contributed by atoms with van der Waals surface area (Å²) in [6.07, 6.45) is -5.16. The highest BCUT2D eigenvalue weighted by Gasteiger charge is 2.55. The van der Waals surface area contributed by atoms with E-state index in [9.17, 15) is 27.5 Å². The van der Waals surface area contributed by atoms with Gasteiger partial charge in [0, 0.05) is 19.6 Å². The number of hydrogen-bond acceptors (Lipinski definition) is 3. The van der Waals surface area contributed by atoms with Crippen molar-refractivity contribution in [3.63, 3.8) is 0 Å². The van der Waals surface area contributed by atoms with Crippen molar-refractivity contribution >= 4 is 11.6 Å². The Hall–Kier alpha value is -1.67. The number of halogens is 4. The minimum absolute atomic E-state index is 0.0163. The van der Waals surface area contributed by atoms with Crippen LogP contribution in [0.1, 0.15) is 19.3 Å². The number of piperidine rings is 1. The predicted octanol–water partition coefficient (Wildman–Crippen LogP) is 2.32. The normalized spacial score (nSPS) is 25.3. The third kappa shape index (κ3) is 2.88. The smallest absolute Gasteiger partial charge is 0.380 e. The van der Waals surface area contributed by atoms with Crippen molar-refractivity contribution in [3.8, 4) is 0 Å². The Morgan fingerprint density at radius 2 is 1.75 bits per heavy atom. The van der Waals surface area contributed by atoms with Crippen LogP contribution in [0.15, 0.2) is 24.3 Å². The number of alkyl halides is 3. The van der Waals surface area contributed by atoms with Crippen LogP contribution in [0.5, 0.6) is 0 Å². The minimum atomic E-state index is -4.67. The quantitative estimate of drug-likeness (QED) is 0.836. The first-order chi connectivity index (χ1) is 11.2. The number of nitrogens with zero attached hydrogens (tertiary/aromatic N) is 2. The molecule has 1 unspecified atom stereocenters. The molecule has 0 radical (unpaired) electrons. The van der Waals surface area contributed by atoms with Crippen LogP contribution in [0, 0.1) is 5.82 Å². The lowest BCUT2D eigenvalue weighted by Crippen LogP contribution is -2.56. The summed E-state index contributed by atoms with van der Waals surface area (Å²) in [5.74, 6) is -0.811. The first-order valence-corrected chi connectivity index (χ1v) is 7.82. The lowest BCUT2D eigenvalue weighted by molar-refractivity contribution is -0.273. The van der Waals surface area contributed by atoms with E-state index >= 15 is 0 Å². The van der Waals surface area contributed by atoms with Crippen molar-refractivity contribution in [1.29, 1.82) is 0 Å². The Bertz CT molecular complexity index is 627. The van der Waals surface area contributed by atoms with E-state index in [0.29, 0.717) is 13.0 Å². The van der Waals surface area contributed by atoms with Crippen molar-refractivity contribution in [2.45, 2.75) is 37.1 Å². The number of likely N-dealkylation sites (tertiary alicyclic amines) is 1. The summed E-state index contributed by atoms with van der Waals surface area (Å²) in [6, 6.07) is 5.36. The van der Waals surface area contributed by atoms with Crippen LogP contribution in [0.25, 0.3) is 0 Å². The standard InChI is InChI=1S/C16H18F4N2O2/c17-11-3-1-2-4-12(11)22-8-5-13(14(22)23)21-9-6-15(24,7-10-21)16(18,19)20/h1-4,13,24H,5-10H2. The van der Waals surface area contributed by atoms with Crippen molar-refractivity contribution in [3.05, 3.63) is 30.1 Å². The molecular weight excluding hydrogens is 328 g/mol. The molecule has 24 heavy (non-hydrogen) atoms. The van der Waals surface area contributed by atoms with Gasteiger partial charge in [-0.3, -0.25) is 9.69 Å². The maximum atomic E-state index is 13.9. The molecular formula is C16H18F4N2O2. The summed E-state index contributed by atoms with van der Waals surface area (Å²) < 4.78 is 52.4. The number of carbonyl (C=O) groups excluding carboxylic acids is 1. The molecule has 0 saturated carbocycles. The highest BCUT2D eigenvalue weighted by atomic mass is 19.4. The fourth-order valence-electron chi connectivity index (χ4n) is 3.40. The number of hydrogen-bond donors (Lipinski definition) is 1. The molecule has 4 nitrogen and oxygen atoms in total. The van der Waals surface area contributed by atoms with Crippen molar-refractivity contribution in [1.82, 2.24) is 4.90 Å². The number of amides is 1. The van der Waals surface area contributed by atoms with E-state index in [-0.39, 0.29) is 24.7 Å². The fourth-order valence-corrected chi connectivity index (χ4v) is 3.40. The zero-order valence-electron chi connectivity index (χ0n) is 12.9. The molecule has 1 N–H and O–H groups in total. The molecule has 8 heteroatoms. The van der Waals surface area contributed by atoms with Crippen LogP contribution >= 0.6 is 0 Å². The van der Waals surface area contributed by atoms with Crippen LogP contribution in [-0.2, 0) is 4.79 Å². The number of anilines is 1. The van der Waals surface area contributed by atoms with Crippen LogP contribution in [0.3, 0.4) is 0 Å². The molecule has 132 valence electrons. The summed E-state index contributed by atoms with van der Waals surface area (Å²) in [5.41, 5.74) is -2.50. The second-order valence-electron chi connectivity index (χ2n) is 6.31. The number of aliphatic hydroxyl groups is 1. The van der Waals surface area contributed by atoms with Gasteiger partial charge in [-0.05, 0) is 31.4 Å². The number of para-hydroxylation sites is 1. The van der Waals surface area contributed by atoms with Gasteiger partial charge in [0.05, 0.1) is 11.7 Å². The van der Waals surface area contributed by atoms with E-state index in [4.69, 9.17) is 0 Å². The molecule has 2 aliphatic rings. The molecule has 0 aliphatic carbocycles. The Morgan fingerprint density at radius 3 is 2.33 bits per heavy atom. The predicted molar refractivity (Wildman–Crippen MR) is 79.0 cm³/mol. The highest BCUT2D eigenvalue weighted by molar-refractivity contribution is 5.99. The van der Waals surface area contributed by atoms with E-state index in [1.807, 2.05) is 0 Å². The van der Waals surface area contributed by atoms with Crippen molar-refractivity contribution < 1.29 is 27.5 Å². The number of carbonyl (C=O) groups is 1. The average Bonchev–Trinajstić information content (AvgIpc) is 2.89. The van der Waals surface area contributed by atoms with Gasteiger partial charge in [-0.2, -0.15) is 13.2 Å². The molecule has 0 bridgehead atoms. The van der Waals surface area contributed by atoms with Crippen LogP contribution in [-0.4, -0.2) is 53.4 Å². The molecule has 0 spiro atoms. The molecule has 2 heterocycles. The molecule has 0 aromatic heterocycles. The van der Waals surface area contributed by atoms with Gasteiger partial charge in [-0.25, -0.2) is 4.39 Å². The van der Waals surface area contributed by atoms with Gasteiger partial charge in [0.2, 0.25) is 5.91 Å². The first kappa shape index (κ1) is 17.2. The minimum Gasteiger partial charge on any atom is -0.380 e. The third-order valence-electron chi connectivity index (χ3n) is 4.91. The molecule has 1 amide bonds. The van der Waals surface area contributed by atoms with E-state index in [0.717, 1.165) is 0 Å². The summed E-state index contributed by atoms with van der Waals surface area (Å²) >= 11 is 0. The van der Waals surface area contributed by atoms with Gasteiger partial charge in [0.25, 0.3) is 0 Å². The Labute approximate surface area is 136 Å². The second-order valence-corrected chi connectivity index (χ2v) is 6.31. The van der Waals surface area contributed by atoms with E-state index in [1.54, 1.807) is 11.0 Å². The second kappa shape index (κ2) is 6.00. The Morgan fingerprint density at radius 1 is 1.12 bits per heavy atom. The average molecular weight is 346 g/mol. The maximum absolute atomic E-state index is 13.9. The molecule has 1 atom stereocenters. The molecule has 1 aromatic rings. The Kier molecular flexibility index (Phi) is 4.29. The first-order valence-electron chi connectivity index (χ1n) is 7.82. The van der Waals surface area contributed by atoms with Crippen LogP contribution in [0.4, 0.5) is 23.2 Å². The van der Waals surface area contributed by atoms with Gasteiger partial charge in [0.15, 0.2) is 5.60 Å². The van der Waals surface area contributed by atoms with Gasteiger partial charge in [-0.15, -0.1) is 0 Å². The van der Waals surface area contributed by atoms with Crippen molar-refractivity contribution in [2.24, 2.45) is 0 Å². The summed E-state index contributed by atoms with van der Waals surface area (Å²) in [7, 11) is 0. The monoisotopic (exact) mass is 346 g/mol. The van der Waals surface area contributed by atoms with Gasteiger partial charge in [0.1, 0.15) is 5.82 Å². The van der Waals surface area contributed by atoms with E-state index < -0.39 is 36.5 Å². The molecule has 2 aliphatic heterocycles. The van der Waals surface area contributed by atoms with Crippen LogP contribution < -0.4 is 4.90 Å². The zero-order chi connectivity index (χ0) is 17.5.